The van der Waals surface area contributed by atoms with Gasteiger partial charge < -0.3 is 9.90 Å². The second-order valence-corrected chi connectivity index (χ2v) is 6.73. The number of nitrogens with one attached hydrogen (secondary N) is 1. The van der Waals surface area contributed by atoms with E-state index in [0.29, 0.717) is 16.4 Å². The summed E-state index contributed by atoms with van der Waals surface area (Å²) in [6.45, 7) is 0. The first-order valence-electron chi connectivity index (χ1n) is 7.06. The minimum absolute atomic E-state index is 0.0657. The maximum absolute atomic E-state index is 11.2. The van der Waals surface area contributed by atoms with Crippen LogP contribution in [0, 0.1) is 10.1 Å². The van der Waals surface area contributed by atoms with Gasteiger partial charge in [-0.1, -0.05) is 42.5 Å². The molecular formula is C16H15N2O4S2-. The van der Waals surface area contributed by atoms with Crippen molar-refractivity contribution in [2.45, 2.75) is 16.7 Å². The molecule has 0 amide bonds. The van der Waals surface area contributed by atoms with Crippen LogP contribution in [0.3, 0.4) is 0 Å². The van der Waals surface area contributed by atoms with E-state index in [2.05, 4.69) is 4.72 Å². The molecule has 126 valence electrons. The minimum Gasteiger partial charge on any atom is -0.548 e. The number of nitro groups is 1. The van der Waals surface area contributed by atoms with Crippen LogP contribution in [-0.4, -0.2) is 22.7 Å². The van der Waals surface area contributed by atoms with Gasteiger partial charge in [-0.15, -0.1) is 0 Å². The van der Waals surface area contributed by atoms with E-state index in [0.717, 1.165) is 17.5 Å². The summed E-state index contributed by atoms with van der Waals surface area (Å²) in [4.78, 5) is 22.1. The van der Waals surface area contributed by atoms with E-state index in [1.807, 2.05) is 30.3 Å². The molecule has 2 aromatic rings. The number of hydrogen-bond donors (Lipinski definition) is 1. The predicted octanol–water partition coefficient (Wildman–Crippen LogP) is 2.24. The molecule has 0 fully saturated rings. The van der Waals surface area contributed by atoms with Crippen molar-refractivity contribution in [3.05, 3.63) is 70.3 Å². The fraction of sp³-hybridized carbons (Fsp3) is 0.188. The highest BCUT2D eigenvalue weighted by atomic mass is 32.2. The largest absolute Gasteiger partial charge is 0.548 e. The smallest absolute Gasteiger partial charge is 0.284 e. The highest BCUT2D eigenvalue weighted by Crippen LogP contribution is 2.27. The number of carboxylic acids is 1. The first-order valence-corrected chi connectivity index (χ1v) is 9.03. The van der Waals surface area contributed by atoms with Gasteiger partial charge in [0.15, 0.2) is 0 Å². The first-order chi connectivity index (χ1) is 11.6. The van der Waals surface area contributed by atoms with E-state index in [-0.39, 0.29) is 5.69 Å². The van der Waals surface area contributed by atoms with Crippen molar-refractivity contribution < 1.29 is 14.8 Å². The van der Waals surface area contributed by atoms with Gasteiger partial charge in [0.1, 0.15) is 4.90 Å². The molecule has 1 N–H and O–H groups in total. The molecular weight excluding hydrogens is 348 g/mol. The van der Waals surface area contributed by atoms with Gasteiger partial charge in [0.05, 0.1) is 16.9 Å². The molecule has 1 atom stereocenters. The van der Waals surface area contributed by atoms with E-state index >= 15 is 0 Å². The SMILES string of the molecule is O=C([O-])[C@@H](CSCc1ccccc1)NSc1ccccc1[N+](=O)[O-]. The van der Waals surface area contributed by atoms with Crippen molar-refractivity contribution in [2.24, 2.45) is 0 Å². The number of carbonyl (C=O) groups is 1. The molecule has 0 radical (unpaired) electrons. The molecule has 2 aromatic carbocycles. The molecule has 0 saturated carbocycles. The fourth-order valence-corrected chi connectivity index (χ4v) is 3.80. The highest BCUT2D eigenvalue weighted by molar-refractivity contribution is 7.99. The van der Waals surface area contributed by atoms with Gasteiger partial charge in [-0.25, -0.2) is 0 Å². The number of rotatable bonds is 9. The number of carbonyl (C=O) groups excluding carboxylic acids is 1. The maximum atomic E-state index is 11.2. The molecule has 6 nitrogen and oxygen atoms in total. The molecule has 0 aliphatic heterocycles. The van der Waals surface area contributed by atoms with E-state index < -0.39 is 16.9 Å². The van der Waals surface area contributed by atoms with E-state index in [1.54, 1.807) is 18.2 Å². The van der Waals surface area contributed by atoms with Crippen molar-refractivity contribution in [2.75, 3.05) is 5.75 Å². The Morgan fingerprint density at radius 3 is 2.46 bits per heavy atom. The van der Waals surface area contributed by atoms with Gasteiger partial charge in [0, 0.05) is 17.6 Å². The van der Waals surface area contributed by atoms with Gasteiger partial charge in [-0.2, -0.15) is 11.8 Å². The Kier molecular flexibility index (Phi) is 7.10. The van der Waals surface area contributed by atoms with Gasteiger partial charge in [-0.3, -0.25) is 14.8 Å². The van der Waals surface area contributed by atoms with Crippen LogP contribution in [0.15, 0.2) is 59.5 Å². The third-order valence-electron chi connectivity index (χ3n) is 3.05. The third-order valence-corrected chi connectivity index (χ3v) is 5.13. The summed E-state index contributed by atoms with van der Waals surface area (Å²) < 4.78 is 2.75. The number of nitro benzene ring substituents is 1. The number of thioether (sulfide) groups is 1. The lowest BCUT2D eigenvalue weighted by Crippen LogP contribution is -2.44. The highest BCUT2D eigenvalue weighted by Gasteiger charge is 2.16. The number of benzene rings is 2. The van der Waals surface area contributed by atoms with Crippen LogP contribution in [0.25, 0.3) is 0 Å². The summed E-state index contributed by atoms with van der Waals surface area (Å²) in [5.74, 6) is -0.255. The number of para-hydroxylation sites is 1. The van der Waals surface area contributed by atoms with Gasteiger partial charge in [0.25, 0.3) is 5.69 Å². The van der Waals surface area contributed by atoms with E-state index in [1.165, 1.54) is 17.8 Å². The van der Waals surface area contributed by atoms with E-state index in [9.17, 15) is 20.0 Å². The lowest BCUT2D eigenvalue weighted by Gasteiger charge is -2.18. The molecule has 0 aliphatic carbocycles. The van der Waals surface area contributed by atoms with E-state index in [4.69, 9.17) is 0 Å². The summed E-state index contributed by atoms with van der Waals surface area (Å²) in [6.07, 6.45) is 0. The number of hydrogen-bond acceptors (Lipinski definition) is 7. The Labute approximate surface area is 147 Å². The van der Waals surface area contributed by atoms with Crippen molar-refractivity contribution in [3.8, 4) is 0 Å². The molecule has 0 saturated heterocycles. The standard InChI is InChI=1S/C16H16N2O4S2/c19-16(20)13(11-23-10-12-6-2-1-3-7-12)17-24-15-9-5-4-8-14(15)18(21)22/h1-9,13,17H,10-11H2,(H,19,20)/p-1/t13-/m1/s1. The Morgan fingerprint density at radius 1 is 1.12 bits per heavy atom. The summed E-state index contributed by atoms with van der Waals surface area (Å²) in [5, 5.41) is 22.2. The summed E-state index contributed by atoms with van der Waals surface area (Å²) in [6, 6.07) is 15.0. The molecule has 0 heterocycles. The zero-order valence-electron chi connectivity index (χ0n) is 12.6. The minimum atomic E-state index is -1.23. The second kappa shape index (κ2) is 9.31. The van der Waals surface area contributed by atoms with Crippen LogP contribution >= 0.6 is 23.7 Å². The molecule has 8 heteroatoms. The summed E-state index contributed by atoms with van der Waals surface area (Å²) in [5.41, 5.74) is 1.04. The summed E-state index contributed by atoms with van der Waals surface area (Å²) in [7, 11) is 0. The number of aliphatic carboxylic acids is 1. The molecule has 0 aromatic heterocycles. The topological polar surface area (TPSA) is 95.3 Å². The van der Waals surface area contributed by atoms with Crippen LogP contribution < -0.4 is 9.83 Å². The Bertz CT molecular complexity index is 697. The van der Waals surface area contributed by atoms with Crippen LogP contribution in [-0.2, 0) is 10.5 Å². The lowest BCUT2D eigenvalue weighted by atomic mass is 10.2. The third kappa shape index (κ3) is 5.55. The molecule has 0 spiro atoms. The fourth-order valence-electron chi connectivity index (χ4n) is 1.85. The molecule has 0 unspecified atom stereocenters. The molecule has 24 heavy (non-hydrogen) atoms. The van der Waals surface area contributed by atoms with Gasteiger partial charge in [0.2, 0.25) is 0 Å². The maximum Gasteiger partial charge on any atom is 0.284 e. The lowest BCUT2D eigenvalue weighted by molar-refractivity contribution is -0.387. The van der Waals surface area contributed by atoms with Crippen LogP contribution in [0.4, 0.5) is 5.69 Å². The van der Waals surface area contributed by atoms with Crippen molar-refractivity contribution in [3.63, 3.8) is 0 Å². The van der Waals surface area contributed by atoms with Crippen molar-refractivity contribution in [1.29, 1.82) is 0 Å². The van der Waals surface area contributed by atoms with Crippen LogP contribution in [0.1, 0.15) is 5.56 Å². The average Bonchev–Trinajstić information content (AvgIpc) is 2.58. The normalized spacial score (nSPS) is 11.8. The second-order valence-electron chi connectivity index (χ2n) is 4.82. The molecule has 2 rings (SSSR count). The van der Waals surface area contributed by atoms with Crippen molar-refractivity contribution in [1.82, 2.24) is 4.72 Å². The monoisotopic (exact) mass is 363 g/mol. The Morgan fingerprint density at radius 2 is 1.79 bits per heavy atom. The summed E-state index contributed by atoms with van der Waals surface area (Å²) >= 11 is 2.39. The number of carboxylic acid groups (broad SMARTS) is 1. The first kappa shape index (κ1) is 18.3. The quantitative estimate of drug-likeness (QED) is 0.415. The Hall–Kier alpha value is -2.03. The number of nitrogens with zero attached hydrogens (tertiary/aromatic N) is 1. The molecule has 0 bridgehead atoms. The average molecular weight is 363 g/mol. The zero-order chi connectivity index (χ0) is 17.4. The van der Waals surface area contributed by atoms with Crippen LogP contribution in [0.2, 0.25) is 0 Å². The Balaban J connectivity index is 1.90. The molecule has 0 aliphatic rings. The van der Waals surface area contributed by atoms with Crippen molar-refractivity contribution >= 4 is 35.4 Å². The van der Waals surface area contributed by atoms with Gasteiger partial charge >= 0.3 is 0 Å². The zero-order valence-corrected chi connectivity index (χ0v) is 14.2. The van der Waals surface area contributed by atoms with Gasteiger partial charge in [-0.05, 0) is 23.6 Å². The van der Waals surface area contributed by atoms with Crippen LogP contribution in [0.5, 0.6) is 0 Å². The predicted molar refractivity (Wildman–Crippen MR) is 93.5 cm³/mol.